The number of nitrogens with one attached hydrogen (secondary N) is 1. The summed E-state index contributed by atoms with van der Waals surface area (Å²) in [6.07, 6.45) is 4.90. The predicted octanol–water partition coefficient (Wildman–Crippen LogP) is 3.67. The van der Waals surface area contributed by atoms with Crippen molar-refractivity contribution in [2.75, 3.05) is 45.2 Å². The van der Waals surface area contributed by atoms with Crippen LogP contribution in [0.1, 0.15) is 32.6 Å². The number of rotatable bonds is 4. The summed E-state index contributed by atoms with van der Waals surface area (Å²) >= 11 is 0. The molecule has 2 aliphatic heterocycles. The summed E-state index contributed by atoms with van der Waals surface area (Å²) in [5.74, 6) is 2.42. The molecular formula is C20H31N3O2. The van der Waals surface area contributed by atoms with Crippen LogP contribution in [0.2, 0.25) is 0 Å². The van der Waals surface area contributed by atoms with Crippen LogP contribution in [-0.4, -0.2) is 55.7 Å². The van der Waals surface area contributed by atoms with Gasteiger partial charge in [0.25, 0.3) is 0 Å². The molecule has 0 unspecified atom stereocenters. The fourth-order valence-electron chi connectivity index (χ4n) is 3.81. The molecule has 2 saturated heterocycles. The second-order valence-electron chi connectivity index (χ2n) is 7.57. The van der Waals surface area contributed by atoms with Gasteiger partial charge in [-0.3, -0.25) is 0 Å². The van der Waals surface area contributed by atoms with Gasteiger partial charge in [0.15, 0.2) is 0 Å². The van der Waals surface area contributed by atoms with E-state index in [1.807, 2.05) is 29.2 Å². The Balaban J connectivity index is 1.41. The predicted molar refractivity (Wildman–Crippen MR) is 101 cm³/mol. The van der Waals surface area contributed by atoms with Gasteiger partial charge in [0.2, 0.25) is 0 Å². The normalized spacial score (nSPS) is 20.5. The zero-order valence-electron chi connectivity index (χ0n) is 15.5. The number of methoxy groups -OCH3 is 1. The van der Waals surface area contributed by atoms with E-state index >= 15 is 0 Å². The van der Waals surface area contributed by atoms with E-state index in [0.717, 1.165) is 49.2 Å². The maximum Gasteiger partial charge on any atom is 0.321 e. The number of hydrogen-bond donors (Lipinski definition) is 1. The molecule has 5 nitrogen and oxygen atoms in total. The van der Waals surface area contributed by atoms with Crippen molar-refractivity contribution in [3.05, 3.63) is 24.3 Å². The second-order valence-corrected chi connectivity index (χ2v) is 7.57. The van der Waals surface area contributed by atoms with E-state index < -0.39 is 0 Å². The lowest BCUT2D eigenvalue weighted by atomic mass is 9.93. The number of carbonyl (C=O) groups excluding carboxylic acids is 1. The first-order chi connectivity index (χ1) is 12.1. The van der Waals surface area contributed by atoms with E-state index in [9.17, 15) is 4.79 Å². The van der Waals surface area contributed by atoms with Crippen molar-refractivity contribution in [1.29, 1.82) is 0 Å². The van der Waals surface area contributed by atoms with Crippen LogP contribution in [-0.2, 0) is 0 Å². The number of likely N-dealkylation sites (tertiary alicyclic amines) is 2. The summed E-state index contributed by atoms with van der Waals surface area (Å²) < 4.78 is 5.14. The van der Waals surface area contributed by atoms with Gasteiger partial charge in [0, 0.05) is 25.3 Å². The van der Waals surface area contributed by atoms with E-state index in [1.165, 1.54) is 32.5 Å². The molecule has 25 heavy (non-hydrogen) atoms. The van der Waals surface area contributed by atoms with Gasteiger partial charge in [-0.15, -0.1) is 0 Å². The molecule has 1 N–H and O–H groups in total. The van der Waals surface area contributed by atoms with Gasteiger partial charge in [-0.05, 0) is 74.9 Å². The lowest BCUT2D eigenvalue weighted by Gasteiger charge is -2.37. The summed E-state index contributed by atoms with van der Waals surface area (Å²) in [7, 11) is 1.64. The van der Waals surface area contributed by atoms with Gasteiger partial charge < -0.3 is 19.9 Å². The van der Waals surface area contributed by atoms with E-state index in [2.05, 4.69) is 17.1 Å². The third-order valence-electron chi connectivity index (χ3n) is 5.64. The third-order valence-corrected chi connectivity index (χ3v) is 5.64. The van der Waals surface area contributed by atoms with Crippen molar-refractivity contribution >= 4 is 11.7 Å². The average molecular weight is 345 g/mol. The molecule has 2 heterocycles. The molecule has 0 aromatic heterocycles. The van der Waals surface area contributed by atoms with Crippen molar-refractivity contribution in [2.24, 2.45) is 11.8 Å². The molecule has 138 valence electrons. The first kappa shape index (κ1) is 18.1. The molecule has 0 spiro atoms. The van der Waals surface area contributed by atoms with Crippen LogP contribution in [0.4, 0.5) is 10.5 Å². The highest BCUT2D eigenvalue weighted by atomic mass is 16.5. The van der Waals surface area contributed by atoms with Crippen LogP contribution >= 0.6 is 0 Å². The van der Waals surface area contributed by atoms with E-state index in [-0.39, 0.29) is 6.03 Å². The van der Waals surface area contributed by atoms with Gasteiger partial charge in [0.1, 0.15) is 5.75 Å². The highest BCUT2D eigenvalue weighted by Gasteiger charge is 2.25. The maximum absolute atomic E-state index is 12.4. The summed E-state index contributed by atoms with van der Waals surface area (Å²) in [5, 5.41) is 2.99. The summed E-state index contributed by atoms with van der Waals surface area (Å²) in [6.45, 7) is 7.78. The Morgan fingerprint density at radius 2 is 1.72 bits per heavy atom. The van der Waals surface area contributed by atoms with Gasteiger partial charge in [-0.1, -0.05) is 6.92 Å². The number of amides is 2. The van der Waals surface area contributed by atoms with E-state index in [0.29, 0.717) is 0 Å². The van der Waals surface area contributed by atoms with Crippen LogP contribution in [0, 0.1) is 11.8 Å². The SMILES string of the molecule is COc1ccc(NC(=O)N2CCC(CN3CCC(C)CC3)CC2)cc1. The number of urea groups is 1. The minimum absolute atomic E-state index is 0.00964. The Bertz CT molecular complexity index is 545. The topological polar surface area (TPSA) is 44.8 Å². The first-order valence-electron chi connectivity index (χ1n) is 9.56. The largest absolute Gasteiger partial charge is 0.497 e. The van der Waals surface area contributed by atoms with Crippen LogP contribution in [0.5, 0.6) is 5.75 Å². The van der Waals surface area contributed by atoms with Crippen molar-refractivity contribution in [3.63, 3.8) is 0 Å². The maximum atomic E-state index is 12.4. The molecule has 0 radical (unpaired) electrons. The Labute approximate surface area is 151 Å². The minimum Gasteiger partial charge on any atom is -0.497 e. The molecule has 0 aliphatic carbocycles. The number of carbonyl (C=O) groups is 1. The first-order valence-corrected chi connectivity index (χ1v) is 9.56. The van der Waals surface area contributed by atoms with Crippen molar-refractivity contribution in [3.8, 4) is 5.75 Å². The average Bonchev–Trinajstić information content (AvgIpc) is 2.65. The fraction of sp³-hybridized carbons (Fsp3) is 0.650. The van der Waals surface area contributed by atoms with Gasteiger partial charge >= 0.3 is 6.03 Å². The monoisotopic (exact) mass is 345 g/mol. The van der Waals surface area contributed by atoms with E-state index in [1.54, 1.807) is 7.11 Å². The molecule has 2 amide bonds. The van der Waals surface area contributed by atoms with Crippen LogP contribution in [0.3, 0.4) is 0 Å². The van der Waals surface area contributed by atoms with Gasteiger partial charge in [0.05, 0.1) is 7.11 Å². The highest BCUT2D eigenvalue weighted by molar-refractivity contribution is 5.89. The third kappa shape index (κ3) is 5.11. The molecule has 3 rings (SSSR count). The Kier molecular flexibility index (Phi) is 6.19. The number of benzene rings is 1. The molecule has 5 heteroatoms. The van der Waals surface area contributed by atoms with Crippen molar-refractivity contribution < 1.29 is 9.53 Å². The number of ether oxygens (including phenoxy) is 1. The molecule has 2 fully saturated rings. The molecule has 1 aromatic carbocycles. The number of nitrogens with zero attached hydrogens (tertiary/aromatic N) is 2. The van der Waals surface area contributed by atoms with Crippen molar-refractivity contribution in [1.82, 2.24) is 9.80 Å². The number of anilines is 1. The molecular weight excluding hydrogens is 314 g/mol. The van der Waals surface area contributed by atoms with Gasteiger partial charge in [-0.25, -0.2) is 4.79 Å². The molecule has 2 aliphatic rings. The fourth-order valence-corrected chi connectivity index (χ4v) is 3.81. The zero-order chi connectivity index (χ0) is 17.6. The van der Waals surface area contributed by atoms with E-state index in [4.69, 9.17) is 4.74 Å². The zero-order valence-corrected chi connectivity index (χ0v) is 15.5. The van der Waals surface area contributed by atoms with Crippen LogP contribution < -0.4 is 10.1 Å². The van der Waals surface area contributed by atoms with Crippen molar-refractivity contribution in [2.45, 2.75) is 32.6 Å². The smallest absolute Gasteiger partial charge is 0.321 e. The molecule has 0 atom stereocenters. The lowest BCUT2D eigenvalue weighted by molar-refractivity contribution is 0.130. The van der Waals surface area contributed by atoms with Crippen LogP contribution in [0.15, 0.2) is 24.3 Å². The second kappa shape index (κ2) is 8.56. The summed E-state index contributed by atoms with van der Waals surface area (Å²) in [6, 6.07) is 7.49. The summed E-state index contributed by atoms with van der Waals surface area (Å²) in [5.41, 5.74) is 0.815. The Morgan fingerprint density at radius 3 is 2.32 bits per heavy atom. The minimum atomic E-state index is 0.00964. The molecule has 1 aromatic rings. The Hall–Kier alpha value is -1.75. The Morgan fingerprint density at radius 1 is 1.08 bits per heavy atom. The highest BCUT2D eigenvalue weighted by Crippen LogP contribution is 2.23. The van der Waals surface area contributed by atoms with Crippen LogP contribution in [0.25, 0.3) is 0 Å². The molecule has 0 bridgehead atoms. The lowest BCUT2D eigenvalue weighted by Crippen LogP contribution is -2.44. The number of hydrogen-bond acceptors (Lipinski definition) is 3. The van der Waals surface area contributed by atoms with Gasteiger partial charge in [-0.2, -0.15) is 0 Å². The molecule has 0 saturated carbocycles. The number of piperidine rings is 2. The summed E-state index contributed by atoms with van der Waals surface area (Å²) in [4.78, 5) is 17.0. The quantitative estimate of drug-likeness (QED) is 0.905. The standard InChI is InChI=1S/C20H31N3O2/c1-16-7-11-22(12-8-16)15-17-9-13-23(14-10-17)20(24)21-18-3-5-19(25-2)6-4-18/h3-6,16-17H,7-15H2,1-2H3,(H,21,24).